The molecule has 0 spiro atoms. The molecule has 1 fully saturated rings. The lowest BCUT2D eigenvalue weighted by atomic mass is 9.80. The molecule has 1 aromatic rings. The Morgan fingerprint density at radius 1 is 1.62 bits per heavy atom. The fourth-order valence-electron chi connectivity index (χ4n) is 2.88. The minimum atomic E-state index is -0.556. The number of rotatable bonds is 6. The van der Waals surface area contributed by atoms with Gasteiger partial charge in [-0.2, -0.15) is 0 Å². The number of likely N-dealkylation sites (tertiary alicyclic amines) is 1. The molecular weight excluding hydrogens is 290 g/mol. The summed E-state index contributed by atoms with van der Waals surface area (Å²) in [6, 6.07) is 0. The summed E-state index contributed by atoms with van der Waals surface area (Å²) in [5.41, 5.74) is 5.11. The van der Waals surface area contributed by atoms with Crippen molar-refractivity contribution in [3.8, 4) is 0 Å². The minimum Gasteiger partial charge on any atom is -0.465 e. The van der Waals surface area contributed by atoms with Crippen molar-refractivity contribution in [3.63, 3.8) is 0 Å². The van der Waals surface area contributed by atoms with Gasteiger partial charge < -0.3 is 15.2 Å². The molecule has 0 amide bonds. The lowest BCUT2D eigenvalue weighted by Gasteiger charge is -2.40. The number of nitrogens with two attached hydrogens (primary N) is 1. The first kappa shape index (κ1) is 16.2. The van der Waals surface area contributed by atoms with Crippen LogP contribution in [0, 0.1) is 5.41 Å². The third-order valence-corrected chi connectivity index (χ3v) is 4.55. The zero-order valence-electron chi connectivity index (χ0n) is 12.6. The van der Waals surface area contributed by atoms with E-state index in [1.807, 2.05) is 6.92 Å². The van der Waals surface area contributed by atoms with E-state index in [0.29, 0.717) is 24.9 Å². The van der Waals surface area contributed by atoms with Gasteiger partial charge in [-0.25, -0.2) is 4.98 Å². The van der Waals surface area contributed by atoms with Gasteiger partial charge >= 0.3 is 5.97 Å². The van der Waals surface area contributed by atoms with Crippen LogP contribution in [0.3, 0.4) is 0 Å². The SMILES string of the molecule is CCOC(=O)C1(COC)CCCN(Cc2cnc(N)s2)C1. The van der Waals surface area contributed by atoms with Crippen molar-refractivity contribution in [1.82, 2.24) is 9.88 Å². The van der Waals surface area contributed by atoms with Crippen LogP contribution in [0.4, 0.5) is 5.13 Å². The quantitative estimate of drug-likeness (QED) is 0.802. The molecule has 0 aromatic carbocycles. The van der Waals surface area contributed by atoms with Gasteiger partial charge in [0.05, 0.1) is 13.2 Å². The fourth-order valence-corrected chi connectivity index (χ4v) is 3.61. The van der Waals surface area contributed by atoms with E-state index in [1.54, 1.807) is 13.3 Å². The largest absolute Gasteiger partial charge is 0.465 e. The fraction of sp³-hybridized carbons (Fsp3) is 0.714. The summed E-state index contributed by atoms with van der Waals surface area (Å²) in [5.74, 6) is -0.152. The van der Waals surface area contributed by atoms with Crippen molar-refractivity contribution in [2.24, 2.45) is 5.41 Å². The number of thiazole rings is 1. The number of carbonyl (C=O) groups excluding carboxylic acids is 1. The lowest BCUT2D eigenvalue weighted by Crippen LogP contribution is -2.50. The van der Waals surface area contributed by atoms with E-state index in [2.05, 4.69) is 9.88 Å². The standard InChI is InChI=1S/C14H23N3O3S/c1-3-20-12(18)14(10-19-2)5-4-6-17(9-14)8-11-7-16-13(15)21-11/h7H,3-6,8-10H2,1-2H3,(H2,15,16). The maximum atomic E-state index is 12.4. The summed E-state index contributed by atoms with van der Waals surface area (Å²) >= 11 is 1.49. The topological polar surface area (TPSA) is 77.7 Å². The van der Waals surface area contributed by atoms with Crippen LogP contribution in [0.15, 0.2) is 6.20 Å². The number of methoxy groups -OCH3 is 1. The van der Waals surface area contributed by atoms with Crippen LogP contribution in [0.5, 0.6) is 0 Å². The maximum absolute atomic E-state index is 12.4. The summed E-state index contributed by atoms with van der Waals surface area (Å²) in [6.07, 6.45) is 3.56. The molecule has 1 aromatic heterocycles. The van der Waals surface area contributed by atoms with Crippen molar-refractivity contribution >= 4 is 22.4 Å². The summed E-state index contributed by atoms with van der Waals surface area (Å²) in [5, 5.41) is 0.579. The van der Waals surface area contributed by atoms with Crippen molar-refractivity contribution < 1.29 is 14.3 Å². The van der Waals surface area contributed by atoms with Gasteiger partial charge in [0, 0.05) is 31.3 Å². The van der Waals surface area contributed by atoms with E-state index < -0.39 is 5.41 Å². The van der Waals surface area contributed by atoms with Gasteiger partial charge in [0.2, 0.25) is 0 Å². The van der Waals surface area contributed by atoms with Crippen LogP contribution in [0.1, 0.15) is 24.6 Å². The smallest absolute Gasteiger partial charge is 0.315 e. The van der Waals surface area contributed by atoms with Crippen molar-refractivity contribution in [2.75, 3.05) is 39.1 Å². The molecule has 118 valence electrons. The number of aromatic nitrogens is 1. The number of hydrogen-bond acceptors (Lipinski definition) is 7. The number of ether oxygens (including phenoxy) is 2. The maximum Gasteiger partial charge on any atom is 0.315 e. The van der Waals surface area contributed by atoms with E-state index in [9.17, 15) is 4.79 Å². The molecule has 1 unspecified atom stereocenters. The molecule has 7 heteroatoms. The third kappa shape index (κ3) is 3.93. The van der Waals surface area contributed by atoms with Crippen LogP contribution >= 0.6 is 11.3 Å². The summed E-state index contributed by atoms with van der Waals surface area (Å²) in [7, 11) is 1.63. The minimum absolute atomic E-state index is 0.152. The number of hydrogen-bond donors (Lipinski definition) is 1. The van der Waals surface area contributed by atoms with E-state index in [-0.39, 0.29) is 5.97 Å². The zero-order chi connectivity index (χ0) is 15.3. The average molecular weight is 313 g/mol. The third-order valence-electron chi connectivity index (χ3n) is 3.74. The Morgan fingerprint density at radius 3 is 3.05 bits per heavy atom. The van der Waals surface area contributed by atoms with Crippen LogP contribution in [0.25, 0.3) is 0 Å². The molecule has 0 saturated carbocycles. The molecule has 0 aliphatic carbocycles. The Kier molecular flexibility index (Phi) is 5.55. The lowest BCUT2D eigenvalue weighted by molar-refractivity contribution is -0.163. The molecular formula is C14H23N3O3S. The van der Waals surface area contributed by atoms with Gasteiger partial charge in [0.1, 0.15) is 5.41 Å². The van der Waals surface area contributed by atoms with E-state index in [1.165, 1.54) is 11.3 Å². The molecule has 1 aliphatic heterocycles. The second-order valence-corrected chi connectivity index (χ2v) is 6.56. The molecule has 21 heavy (non-hydrogen) atoms. The predicted molar refractivity (Wildman–Crippen MR) is 82.0 cm³/mol. The van der Waals surface area contributed by atoms with Gasteiger partial charge in [-0.05, 0) is 26.3 Å². The van der Waals surface area contributed by atoms with Crippen LogP contribution in [-0.2, 0) is 20.8 Å². The number of nitrogen functional groups attached to an aromatic ring is 1. The molecule has 0 bridgehead atoms. The summed E-state index contributed by atoms with van der Waals surface area (Å²) < 4.78 is 10.6. The molecule has 2 N–H and O–H groups in total. The first-order valence-corrected chi connectivity index (χ1v) is 8.00. The molecule has 1 aliphatic rings. The Hall–Kier alpha value is -1.18. The zero-order valence-corrected chi connectivity index (χ0v) is 13.4. The molecule has 6 nitrogen and oxygen atoms in total. The first-order chi connectivity index (χ1) is 10.1. The van der Waals surface area contributed by atoms with Gasteiger partial charge in [-0.3, -0.25) is 9.69 Å². The molecule has 1 saturated heterocycles. The van der Waals surface area contributed by atoms with E-state index in [4.69, 9.17) is 15.2 Å². The van der Waals surface area contributed by atoms with Crippen molar-refractivity contribution in [1.29, 1.82) is 0 Å². The van der Waals surface area contributed by atoms with Gasteiger partial charge in [-0.1, -0.05) is 0 Å². The Balaban J connectivity index is 2.06. The predicted octanol–water partition coefficient (Wildman–Crippen LogP) is 1.52. The van der Waals surface area contributed by atoms with Gasteiger partial charge in [0.25, 0.3) is 0 Å². The van der Waals surface area contributed by atoms with Crippen LogP contribution in [-0.4, -0.2) is 49.3 Å². The van der Waals surface area contributed by atoms with Crippen molar-refractivity contribution in [2.45, 2.75) is 26.3 Å². The number of piperidine rings is 1. The molecule has 0 radical (unpaired) electrons. The van der Waals surface area contributed by atoms with Crippen molar-refractivity contribution in [3.05, 3.63) is 11.1 Å². The second kappa shape index (κ2) is 7.20. The number of carbonyl (C=O) groups is 1. The highest BCUT2D eigenvalue weighted by Gasteiger charge is 2.43. The number of anilines is 1. The first-order valence-electron chi connectivity index (χ1n) is 7.18. The Morgan fingerprint density at radius 2 is 2.43 bits per heavy atom. The number of nitrogens with zero attached hydrogens (tertiary/aromatic N) is 2. The molecule has 2 heterocycles. The van der Waals surface area contributed by atoms with Gasteiger partial charge in [-0.15, -0.1) is 11.3 Å². The monoisotopic (exact) mass is 313 g/mol. The van der Waals surface area contributed by atoms with Gasteiger partial charge in [0.15, 0.2) is 5.13 Å². The average Bonchev–Trinajstić information content (AvgIpc) is 2.85. The highest BCUT2D eigenvalue weighted by molar-refractivity contribution is 7.15. The Bertz CT molecular complexity index is 476. The normalized spacial score (nSPS) is 23.1. The molecule has 2 rings (SSSR count). The highest BCUT2D eigenvalue weighted by Crippen LogP contribution is 2.33. The molecule has 1 atom stereocenters. The van der Waals surface area contributed by atoms with Crippen LogP contribution < -0.4 is 5.73 Å². The summed E-state index contributed by atoms with van der Waals surface area (Å²) in [4.78, 5) is 19.8. The second-order valence-electron chi connectivity index (χ2n) is 5.41. The Labute approximate surface area is 129 Å². The van der Waals surface area contributed by atoms with Crippen LogP contribution in [0.2, 0.25) is 0 Å². The highest BCUT2D eigenvalue weighted by atomic mass is 32.1. The summed E-state index contributed by atoms with van der Waals surface area (Å²) in [6.45, 7) is 5.00. The number of esters is 1. The van der Waals surface area contributed by atoms with E-state index >= 15 is 0 Å². The van der Waals surface area contributed by atoms with E-state index in [0.717, 1.165) is 30.8 Å².